The fourth-order valence-corrected chi connectivity index (χ4v) is 3.97. The SMILES string of the molecule is COC(=O)C(C)(C)[C@@H]1CCCN(C(=O)CCCc2csc(C)n2)C1. The summed E-state index contributed by atoms with van der Waals surface area (Å²) in [6, 6.07) is 0. The first kappa shape index (κ1) is 18.9. The van der Waals surface area contributed by atoms with Crippen molar-refractivity contribution in [1.82, 2.24) is 9.88 Å². The Morgan fingerprint density at radius 2 is 2.21 bits per heavy atom. The first-order valence-electron chi connectivity index (χ1n) is 8.61. The molecule has 2 rings (SSSR count). The van der Waals surface area contributed by atoms with E-state index in [2.05, 4.69) is 10.4 Å². The van der Waals surface area contributed by atoms with Crippen molar-refractivity contribution in [3.63, 3.8) is 0 Å². The van der Waals surface area contributed by atoms with Crippen LogP contribution in [0.15, 0.2) is 5.38 Å². The number of rotatable bonds is 6. The molecule has 0 aromatic carbocycles. The highest BCUT2D eigenvalue weighted by atomic mass is 32.1. The van der Waals surface area contributed by atoms with Gasteiger partial charge in [0.2, 0.25) is 5.91 Å². The first-order valence-corrected chi connectivity index (χ1v) is 9.49. The molecule has 1 aliphatic rings. The number of hydrogen-bond acceptors (Lipinski definition) is 5. The lowest BCUT2D eigenvalue weighted by atomic mass is 9.74. The van der Waals surface area contributed by atoms with Gasteiger partial charge in [-0.3, -0.25) is 9.59 Å². The average molecular weight is 352 g/mol. The van der Waals surface area contributed by atoms with E-state index in [9.17, 15) is 9.59 Å². The molecule has 1 aromatic rings. The minimum absolute atomic E-state index is 0.156. The van der Waals surface area contributed by atoms with E-state index in [0.29, 0.717) is 13.0 Å². The van der Waals surface area contributed by atoms with Crippen molar-refractivity contribution in [2.45, 2.75) is 52.9 Å². The van der Waals surface area contributed by atoms with Gasteiger partial charge in [-0.05, 0) is 52.4 Å². The van der Waals surface area contributed by atoms with Crippen LogP contribution in [-0.4, -0.2) is 42.0 Å². The highest BCUT2D eigenvalue weighted by Gasteiger charge is 2.40. The van der Waals surface area contributed by atoms with Gasteiger partial charge in [-0.25, -0.2) is 4.98 Å². The van der Waals surface area contributed by atoms with E-state index < -0.39 is 5.41 Å². The lowest BCUT2D eigenvalue weighted by Gasteiger charge is -2.39. The molecule has 1 atom stereocenters. The molecule has 1 saturated heterocycles. The molecule has 0 aliphatic carbocycles. The van der Waals surface area contributed by atoms with E-state index in [1.54, 1.807) is 11.3 Å². The number of ether oxygens (including phenoxy) is 1. The molecule has 24 heavy (non-hydrogen) atoms. The third kappa shape index (κ3) is 4.56. The molecule has 0 saturated carbocycles. The molecule has 0 radical (unpaired) electrons. The summed E-state index contributed by atoms with van der Waals surface area (Å²) < 4.78 is 4.93. The minimum atomic E-state index is -0.550. The van der Waals surface area contributed by atoms with E-state index in [1.165, 1.54) is 7.11 Å². The second-order valence-electron chi connectivity index (χ2n) is 7.10. The van der Waals surface area contributed by atoms with E-state index in [0.717, 1.165) is 42.9 Å². The topological polar surface area (TPSA) is 59.5 Å². The van der Waals surface area contributed by atoms with Crippen LogP contribution in [-0.2, 0) is 20.7 Å². The van der Waals surface area contributed by atoms with Gasteiger partial charge >= 0.3 is 5.97 Å². The number of aromatic nitrogens is 1. The molecule has 2 heterocycles. The number of thiazole rings is 1. The molecule has 0 unspecified atom stereocenters. The number of esters is 1. The first-order chi connectivity index (χ1) is 11.3. The predicted octanol–water partition coefficient (Wildman–Crippen LogP) is 3.21. The summed E-state index contributed by atoms with van der Waals surface area (Å²) in [6.45, 7) is 7.28. The Morgan fingerprint density at radius 3 is 2.83 bits per heavy atom. The molecule has 0 bridgehead atoms. The second-order valence-corrected chi connectivity index (χ2v) is 8.17. The summed E-state index contributed by atoms with van der Waals surface area (Å²) in [5.41, 5.74) is 0.528. The Bertz CT molecular complexity index is 583. The third-order valence-electron chi connectivity index (χ3n) is 5.00. The molecule has 0 N–H and O–H groups in total. The highest BCUT2D eigenvalue weighted by Crippen LogP contribution is 2.35. The maximum absolute atomic E-state index is 12.5. The van der Waals surface area contributed by atoms with Crippen molar-refractivity contribution in [3.8, 4) is 0 Å². The number of nitrogens with zero attached hydrogens (tertiary/aromatic N) is 2. The third-order valence-corrected chi connectivity index (χ3v) is 5.82. The van der Waals surface area contributed by atoms with E-state index in [4.69, 9.17) is 4.74 Å². The molecular weight excluding hydrogens is 324 g/mol. The number of methoxy groups -OCH3 is 1. The molecule has 5 nitrogen and oxygen atoms in total. The quantitative estimate of drug-likeness (QED) is 0.738. The number of aryl methyl sites for hydroxylation is 2. The van der Waals surface area contributed by atoms with Gasteiger partial charge < -0.3 is 9.64 Å². The summed E-state index contributed by atoms with van der Waals surface area (Å²) in [4.78, 5) is 30.9. The lowest BCUT2D eigenvalue weighted by Crippen LogP contribution is -2.47. The monoisotopic (exact) mass is 352 g/mol. The Labute approximate surface area is 148 Å². The molecule has 6 heteroatoms. The number of piperidine rings is 1. The van der Waals surface area contributed by atoms with Crippen molar-refractivity contribution < 1.29 is 14.3 Å². The second kappa shape index (κ2) is 8.10. The average Bonchev–Trinajstić information content (AvgIpc) is 2.99. The van der Waals surface area contributed by atoms with E-state index in [1.807, 2.05) is 25.7 Å². The smallest absolute Gasteiger partial charge is 0.311 e. The van der Waals surface area contributed by atoms with Gasteiger partial charge in [-0.1, -0.05) is 0 Å². The Hall–Kier alpha value is -1.43. The number of carbonyl (C=O) groups excluding carboxylic acids is 2. The van der Waals surface area contributed by atoms with Gasteiger partial charge in [0, 0.05) is 24.9 Å². The molecule has 1 aliphatic heterocycles. The standard InChI is InChI=1S/C18H28N2O3S/c1-13-19-15(12-24-13)8-5-9-16(21)20-10-6-7-14(11-20)18(2,3)17(22)23-4/h12,14H,5-11H2,1-4H3/t14-/m1/s1. The number of likely N-dealkylation sites (tertiary alicyclic amines) is 1. The van der Waals surface area contributed by atoms with Crippen LogP contribution >= 0.6 is 11.3 Å². The fourth-order valence-electron chi connectivity index (χ4n) is 3.32. The van der Waals surface area contributed by atoms with E-state index in [-0.39, 0.29) is 17.8 Å². The molecule has 1 aromatic heterocycles. The van der Waals surface area contributed by atoms with Gasteiger partial charge in [0.15, 0.2) is 0 Å². The molecule has 134 valence electrons. The van der Waals surface area contributed by atoms with Gasteiger partial charge in [0.05, 0.1) is 23.2 Å². The predicted molar refractivity (Wildman–Crippen MR) is 94.9 cm³/mol. The number of amides is 1. The summed E-state index contributed by atoms with van der Waals surface area (Å²) in [5.74, 6) is 0.150. The van der Waals surface area contributed by atoms with Crippen LogP contribution < -0.4 is 0 Å². The van der Waals surface area contributed by atoms with Crippen LogP contribution in [0.2, 0.25) is 0 Å². The van der Waals surface area contributed by atoms with Gasteiger partial charge in [-0.15, -0.1) is 11.3 Å². The van der Waals surface area contributed by atoms with Crippen LogP contribution in [0.1, 0.15) is 50.2 Å². The maximum Gasteiger partial charge on any atom is 0.311 e. The zero-order valence-corrected chi connectivity index (χ0v) is 15.9. The van der Waals surface area contributed by atoms with Crippen molar-refractivity contribution >= 4 is 23.2 Å². The largest absolute Gasteiger partial charge is 0.469 e. The van der Waals surface area contributed by atoms with Crippen LogP contribution in [0.5, 0.6) is 0 Å². The summed E-state index contributed by atoms with van der Waals surface area (Å²) in [6.07, 6.45) is 4.12. The van der Waals surface area contributed by atoms with Gasteiger partial charge in [0.1, 0.15) is 0 Å². The summed E-state index contributed by atoms with van der Waals surface area (Å²) >= 11 is 1.65. The van der Waals surface area contributed by atoms with Crippen molar-refractivity contribution in [2.75, 3.05) is 20.2 Å². The van der Waals surface area contributed by atoms with E-state index >= 15 is 0 Å². The molecular formula is C18H28N2O3S. The van der Waals surface area contributed by atoms with Crippen LogP contribution in [0, 0.1) is 18.3 Å². The van der Waals surface area contributed by atoms with Crippen molar-refractivity contribution in [1.29, 1.82) is 0 Å². The van der Waals surface area contributed by atoms with Crippen molar-refractivity contribution in [2.24, 2.45) is 11.3 Å². The van der Waals surface area contributed by atoms with Crippen LogP contribution in [0.3, 0.4) is 0 Å². The summed E-state index contributed by atoms with van der Waals surface area (Å²) in [7, 11) is 1.43. The van der Waals surface area contributed by atoms with Gasteiger partial charge in [-0.2, -0.15) is 0 Å². The molecule has 0 spiro atoms. The molecule has 1 amide bonds. The number of hydrogen-bond donors (Lipinski definition) is 0. The minimum Gasteiger partial charge on any atom is -0.469 e. The van der Waals surface area contributed by atoms with Crippen LogP contribution in [0.4, 0.5) is 0 Å². The van der Waals surface area contributed by atoms with Gasteiger partial charge in [0.25, 0.3) is 0 Å². The Balaban J connectivity index is 1.84. The summed E-state index contributed by atoms with van der Waals surface area (Å²) in [5, 5.41) is 3.13. The lowest BCUT2D eigenvalue weighted by molar-refractivity contribution is -0.156. The Morgan fingerprint density at radius 1 is 1.46 bits per heavy atom. The van der Waals surface area contributed by atoms with Crippen LogP contribution in [0.25, 0.3) is 0 Å². The van der Waals surface area contributed by atoms with Crippen molar-refractivity contribution in [3.05, 3.63) is 16.1 Å². The Kier molecular flexibility index (Phi) is 6.38. The zero-order valence-electron chi connectivity index (χ0n) is 15.1. The maximum atomic E-state index is 12.5. The number of carbonyl (C=O) groups is 2. The fraction of sp³-hybridized carbons (Fsp3) is 0.722. The molecule has 1 fully saturated rings. The zero-order chi connectivity index (χ0) is 17.7. The normalized spacial score (nSPS) is 18.5. The highest BCUT2D eigenvalue weighted by molar-refractivity contribution is 7.09.